The quantitative estimate of drug-likeness (QED) is 0.678. The van der Waals surface area contributed by atoms with E-state index in [9.17, 15) is 4.79 Å². The van der Waals surface area contributed by atoms with Gasteiger partial charge in [0.15, 0.2) is 0 Å². The fraction of sp³-hybridized carbons (Fsp3) is 0.318. The van der Waals surface area contributed by atoms with Crippen molar-refractivity contribution in [2.24, 2.45) is 0 Å². The highest BCUT2D eigenvalue weighted by Crippen LogP contribution is 2.30. The smallest absolute Gasteiger partial charge is 0.316 e. The highest BCUT2D eigenvalue weighted by molar-refractivity contribution is 6.09. The van der Waals surface area contributed by atoms with Gasteiger partial charge in [-0.25, -0.2) is 9.97 Å². The lowest BCUT2D eigenvalue weighted by Crippen LogP contribution is -2.44. The van der Waals surface area contributed by atoms with Gasteiger partial charge in [0, 0.05) is 18.9 Å². The minimum atomic E-state index is -0.120. The summed E-state index contributed by atoms with van der Waals surface area (Å²) in [4.78, 5) is 23.6. The third-order valence-corrected chi connectivity index (χ3v) is 4.88. The maximum atomic E-state index is 13.5. The first-order valence-electron chi connectivity index (χ1n) is 9.63. The van der Waals surface area contributed by atoms with E-state index in [1.165, 1.54) is 0 Å². The van der Waals surface area contributed by atoms with Crippen LogP contribution in [0.2, 0.25) is 0 Å². The predicted molar refractivity (Wildman–Crippen MR) is 107 cm³/mol. The lowest BCUT2D eigenvalue weighted by Gasteiger charge is -2.33. The van der Waals surface area contributed by atoms with Gasteiger partial charge in [0.1, 0.15) is 11.9 Å². The first-order valence-corrected chi connectivity index (χ1v) is 9.63. The summed E-state index contributed by atoms with van der Waals surface area (Å²) in [5.41, 5.74) is 0.622. The molecule has 0 aliphatic carbocycles. The Morgan fingerprint density at radius 1 is 1.14 bits per heavy atom. The van der Waals surface area contributed by atoms with Crippen molar-refractivity contribution in [1.29, 1.82) is 0 Å². The van der Waals surface area contributed by atoms with Crippen molar-refractivity contribution in [3.05, 3.63) is 60.4 Å². The van der Waals surface area contributed by atoms with Crippen LogP contribution in [0.5, 0.6) is 11.8 Å². The lowest BCUT2D eigenvalue weighted by atomic mass is 10.0. The zero-order valence-electron chi connectivity index (χ0n) is 15.9. The van der Waals surface area contributed by atoms with Crippen LogP contribution < -0.4 is 9.47 Å². The third kappa shape index (κ3) is 3.76. The van der Waals surface area contributed by atoms with Crippen molar-refractivity contribution >= 4 is 16.7 Å². The second kappa shape index (κ2) is 8.25. The molecule has 1 aliphatic heterocycles. The summed E-state index contributed by atoms with van der Waals surface area (Å²) >= 11 is 0. The van der Waals surface area contributed by atoms with E-state index in [-0.39, 0.29) is 12.0 Å². The van der Waals surface area contributed by atoms with Gasteiger partial charge in [-0.2, -0.15) is 0 Å². The summed E-state index contributed by atoms with van der Waals surface area (Å²) in [6, 6.07) is 13.9. The second-order valence-corrected chi connectivity index (χ2v) is 6.76. The molecular weight excluding hydrogens is 354 g/mol. The van der Waals surface area contributed by atoms with Crippen LogP contribution in [0.4, 0.5) is 0 Å². The Morgan fingerprint density at radius 3 is 2.79 bits per heavy atom. The van der Waals surface area contributed by atoms with Crippen LogP contribution in [0.25, 0.3) is 10.8 Å². The molecule has 0 spiro atoms. The number of benzene rings is 2. The van der Waals surface area contributed by atoms with Crippen LogP contribution >= 0.6 is 0 Å². The number of carbonyl (C=O) groups excluding carboxylic acids is 1. The molecule has 28 heavy (non-hydrogen) atoms. The number of rotatable bonds is 5. The zero-order chi connectivity index (χ0) is 19.3. The Labute approximate surface area is 164 Å². The average Bonchev–Trinajstić information content (AvgIpc) is 2.74. The summed E-state index contributed by atoms with van der Waals surface area (Å²) in [6.45, 7) is 3.64. The van der Waals surface area contributed by atoms with Gasteiger partial charge in [-0.15, -0.1) is 0 Å². The molecule has 3 aromatic rings. The molecule has 0 radical (unpaired) electrons. The molecule has 6 heteroatoms. The summed E-state index contributed by atoms with van der Waals surface area (Å²) in [7, 11) is 0. The number of piperidine rings is 1. The molecule has 2 aromatic carbocycles. The van der Waals surface area contributed by atoms with Crippen LogP contribution in [0, 0.1) is 0 Å². The van der Waals surface area contributed by atoms with E-state index in [0.29, 0.717) is 37.0 Å². The molecule has 2 heterocycles. The molecule has 0 N–H and O–H groups in total. The fourth-order valence-electron chi connectivity index (χ4n) is 3.62. The first kappa shape index (κ1) is 18.2. The standard InChI is InChI=1S/C22H23N3O3/c1-2-27-19-11-10-16-7-3-4-9-18(16)20(19)21(26)25-14-5-8-17(15-25)28-22-23-12-6-13-24-22/h3-4,6-7,9-13,17H,2,5,8,14-15H2,1H3. The topological polar surface area (TPSA) is 64.5 Å². The van der Waals surface area contributed by atoms with Crippen LogP contribution in [0.3, 0.4) is 0 Å². The summed E-state index contributed by atoms with van der Waals surface area (Å²) < 4.78 is 11.7. The monoisotopic (exact) mass is 377 g/mol. The number of ether oxygens (including phenoxy) is 2. The average molecular weight is 377 g/mol. The van der Waals surface area contributed by atoms with E-state index < -0.39 is 0 Å². The van der Waals surface area contributed by atoms with E-state index in [0.717, 1.165) is 23.6 Å². The number of hydrogen-bond donors (Lipinski definition) is 0. The molecule has 1 atom stereocenters. The molecule has 1 saturated heterocycles. The lowest BCUT2D eigenvalue weighted by molar-refractivity contribution is 0.0514. The number of likely N-dealkylation sites (tertiary alicyclic amines) is 1. The van der Waals surface area contributed by atoms with E-state index in [1.54, 1.807) is 18.5 Å². The van der Waals surface area contributed by atoms with Crippen molar-refractivity contribution in [2.45, 2.75) is 25.9 Å². The molecular formula is C22H23N3O3. The van der Waals surface area contributed by atoms with Gasteiger partial charge in [-0.3, -0.25) is 4.79 Å². The molecule has 0 saturated carbocycles. The Hall–Kier alpha value is -3.15. The van der Waals surface area contributed by atoms with E-state index >= 15 is 0 Å². The first-order chi connectivity index (χ1) is 13.8. The molecule has 4 rings (SSSR count). The molecule has 1 fully saturated rings. The van der Waals surface area contributed by atoms with Gasteiger partial charge in [0.05, 0.1) is 18.7 Å². The summed E-state index contributed by atoms with van der Waals surface area (Å²) in [5.74, 6) is 0.600. The Kier molecular flexibility index (Phi) is 5.37. The maximum absolute atomic E-state index is 13.5. The van der Waals surface area contributed by atoms with E-state index in [4.69, 9.17) is 9.47 Å². The van der Waals surface area contributed by atoms with Gasteiger partial charge in [-0.05, 0) is 42.7 Å². The van der Waals surface area contributed by atoms with Crippen LogP contribution in [-0.4, -0.2) is 46.6 Å². The number of carbonyl (C=O) groups is 1. The summed E-state index contributed by atoms with van der Waals surface area (Å²) in [5, 5.41) is 1.93. The molecule has 1 aliphatic rings. The summed E-state index contributed by atoms with van der Waals surface area (Å²) in [6.07, 6.45) is 4.93. The highest BCUT2D eigenvalue weighted by Gasteiger charge is 2.29. The van der Waals surface area contributed by atoms with E-state index in [2.05, 4.69) is 9.97 Å². The van der Waals surface area contributed by atoms with Crippen molar-refractivity contribution in [1.82, 2.24) is 14.9 Å². The normalized spacial score (nSPS) is 16.8. The number of nitrogens with zero attached hydrogens (tertiary/aromatic N) is 3. The minimum absolute atomic E-state index is 0.0254. The Bertz CT molecular complexity index is 962. The van der Waals surface area contributed by atoms with Gasteiger partial charge in [-0.1, -0.05) is 30.3 Å². The van der Waals surface area contributed by atoms with Crippen molar-refractivity contribution in [3.8, 4) is 11.8 Å². The van der Waals surface area contributed by atoms with E-state index in [1.807, 2.05) is 48.2 Å². The molecule has 1 aromatic heterocycles. The molecule has 1 amide bonds. The second-order valence-electron chi connectivity index (χ2n) is 6.76. The Morgan fingerprint density at radius 2 is 1.96 bits per heavy atom. The van der Waals surface area contributed by atoms with Crippen LogP contribution in [-0.2, 0) is 0 Å². The van der Waals surface area contributed by atoms with Crippen LogP contribution in [0.1, 0.15) is 30.1 Å². The van der Waals surface area contributed by atoms with Crippen LogP contribution in [0.15, 0.2) is 54.9 Å². The van der Waals surface area contributed by atoms with Crippen molar-refractivity contribution < 1.29 is 14.3 Å². The SMILES string of the molecule is CCOc1ccc2ccccc2c1C(=O)N1CCCC(Oc2ncccn2)C1. The van der Waals surface area contributed by atoms with Crippen molar-refractivity contribution in [3.63, 3.8) is 0 Å². The van der Waals surface area contributed by atoms with Gasteiger partial charge in [0.25, 0.3) is 5.91 Å². The number of aromatic nitrogens is 2. The highest BCUT2D eigenvalue weighted by atomic mass is 16.5. The fourth-order valence-corrected chi connectivity index (χ4v) is 3.62. The minimum Gasteiger partial charge on any atom is -0.493 e. The number of amides is 1. The maximum Gasteiger partial charge on any atom is 0.316 e. The molecule has 144 valence electrons. The molecule has 1 unspecified atom stereocenters. The predicted octanol–water partition coefficient (Wildman–Crippen LogP) is 3.71. The number of fused-ring (bicyclic) bond motifs is 1. The number of hydrogen-bond acceptors (Lipinski definition) is 5. The van der Waals surface area contributed by atoms with Gasteiger partial charge < -0.3 is 14.4 Å². The van der Waals surface area contributed by atoms with Gasteiger partial charge in [0.2, 0.25) is 0 Å². The third-order valence-electron chi connectivity index (χ3n) is 4.88. The largest absolute Gasteiger partial charge is 0.493 e. The molecule has 6 nitrogen and oxygen atoms in total. The zero-order valence-corrected chi connectivity index (χ0v) is 15.9. The van der Waals surface area contributed by atoms with Crippen molar-refractivity contribution in [2.75, 3.05) is 19.7 Å². The van der Waals surface area contributed by atoms with Gasteiger partial charge >= 0.3 is 6.01 Å². The molecule has 0 bridgehead atoms. The Balaban J connectivity index is 1.60.